The second kappa shape index (κ2) is 12.7. The van der Waals surface area contributed by atoms with E-state index in [1.807, 2.05) is 85.7 Å². The number of nitrogens with one attached hydrogen (secondary N) is 1. The van der Waals surface area contributed by atoms with E-state index in [9.17, 15) is 0 Å². The van der Waals surface area contributed by atoms with Gasteiger partial charge in [0.05, 0.1) is 27.9 Å². The van der Waals surface area contributed by atoms with Crippen molar-refractivity contribution in [2.75, 3.05) is 52.2 Å². The lowest BCUT2D eigenvalue weighted by atomic mass is 10.1. The van der Waals surface area contributed by atoms with Crippen LogP contribution in [0.25, 0.3) is 0 Å². The summed E-state index contributed by atoms with van der Waals surface area (Å²) in [7, 11) is 5.13. The van der Waals surface area contributed by atoms with Crippen molar-refractivity contribution in [3.63, 3.8) is 0 Å². The van der Waals surface area contributed by atoms with Crippen LogP contribution < -0.4 is 29.7 Å². The standard InChI is InChI=1S/C28H37N2O5P/c1-7-8-18-35-36(31,24-16-14-23(15-17-24)30(2)3)28(29-22-12-10-9-11-13-22)21-19-25(32-4)27(34-6)26(20-21)33-5/h9-17,19-20,28-29H,7-8,18H2,1-6H3. The largest absolute Gasteiger partial charge is 0.493 e. The van der Waals surface area contributed by atoms with E-state index >= 15 is 4.57 Å². The van der Waals surface area contributed by atoms with Crippen molar-refractivity contribution in [3.05, 3.63) is 72.3 Å². The Hall–Kier alpha value is -3.15. The Kier molecular flexibility index (Phi) is 9.68. The summed E-state index contributed by atoms with van der Waals surface area (Å²) in [6.07, 6.45) is 1.73. The molecular formula is C28H37N2O5P. The Labute approximate surface area is 214 Å². The maximum Gasteiger partial charge on any atom is 0.258 e. The zero-order valence-corrected chi connectivity index (χ0v) is 22.9. The molecular weight excluding hydrogens is 475 g/mol. The van der Waals surface area contributed by atoms with Crippen LogP contribution >= 0.6 is 7.37 Å². The third kappa shape index (κ3) is 6.15. The molecule has 0 saturated heterocycles. The first-order valence-corrected chi connectivity index (χ1v) is 13.7. The lowest BCUT2D eigenvalue weighted by Crippen LogP contribution is -2.21. The van der Waals surface area contributed by atoms with Crippen molar-refractivity contribution in [3.8, 4) is 17.2 Å². The number of methoxy groups -OCH3 is 3. The van der Waals surface area contributed by atoms with Gasteiger partial charge >= 0.3 is 0 Å². The summed E-state index contributed by atoms with van der Waals surface area (Å²) in [5.74, 6) is 0.722. The van der Waals surface area contributed by atoms with Crippen LogP contribution in [-0.2, 0) is 9.09 Å². The molecule has 0 heterocycles. The molecule has 0 aromatic heterocycles. The summed E-state index contributed by atoms with van der Waals surface area (Å²) in [6.45, 7) is 2.46. The fourth-order valence-corrected chi connectivity index (χ4v) is 6.34. The minimum absolute atomic E-state index is 0.376. The molecule has 0 aliphatic rings. The first kappa shape index (κ1) is 27.4. The quantitative estimate of drug-likeness (QED) is 0.213. The number of hydrogen-bond donors (Lipinski definition) is 1. The molecule has 3 aromatic rings. The molecule has 0 radical (unpaired) electrons. The summed E-state index contributed by atoms with van der Waals surface area (Å²) in [5, 5.41) is 4.12. The first-order valence-electron chi connectivity index (χ1n) is 12.0. The van der Waals surface area contributed by atoms with Crippen molar-refractivity contribution in [1.29, 1.82) is 0 Å². The predicted octanol–water partition coefficient (Wildman–Crippen LogP) is 6.31. The Balaban J connectivity index is 2.22. The van der Waals surface area contributed by atoms with Crippen LogP contribution in [0.4, 0.5) is 11.4 Å². The van der Waals surface area contributed by atoms with E-state index < -0.39 is 13.2 Å². The van der Waals surface area contributed by atoms with E-state index in [-0.39, 0.29) is 0 Å². The monoisotopic (exact) mass is 512 g/mol. The Morgan fingerprint density at radius 2 is 1.50 bits per heavy atom. The summed E-state index contributed by atoms with van der Waals surface area (Å²) >= 11 is 0. The molecule has 3 aromatic carbocycles. The number of anilines is 2. The van der Waals surface area contributed by atoms with Crippen LogP contribution in [0.2, 0.25) is 0 Å². The Morgan fingerprint density at radius 3 is 2.00 bits per heavy atom. The van der Waals surface area contributed by atoms with Crippen LogP contribution in [-0.4, -0.2) is 42.0 Å². The third-order valence-electron chi connectivity index (χ3n) is 5.93. The number of rotatable bonds is 13. The minimum Gasteiger partial charge on any atom is -0.493 e. The van der Waals surface area contributed by atoms with Gasteiger partial charge in [0.15, 0.2) is 11.5 Å². The van der Waals surface area contributed by atoms with Crippen molar-refractivity contribution >= 4 is 24.0 Å². The molecule has 0 aliphatic heterocycles. The van der Waals surface area contributed by atoms with Gasteiger partial charge in [0.25, 0.3) is 7.37 Å². The highest BCUT2D eigenvalue weighted by atomic mass is 31.2. The highest BCUT2D eigenvalue weighted by Crippen LogP contribution is 2.60. The predicted molar refractivity (Wildman–Crippen MR) is 148 cm³/mol. The molecule has 0 spiro atoms. The van der Waals surface area contributed by atoms with Crippen LogP contribution in [0.3, 0.4) is 0 Å². The van der Waals surface area contributed by atoms with Gasteiger partial charge in [-0.15, -0.1) is 0 Å². The van der Waals surface area contributed by atoms with Crippen LogP contribution in [0.1, 0.15) is 31.1 Å². The van der Waals surface area contributed by atoms with Gasteiger partial charge in [-0.1, -0.05) is 31.5 Å². The third-order valence-corrected chi connectivity index (χ3v) is 8.62. The maximum atomic E-state index is 15.0. The lowest BCUT2D eigenvalue weighted by molar-refractivity contribution is 0.307. The fraction of sp³-hybridized carbons (Fsp3) is 0.357. The zero-order chi connectivity index (χ0) is 26.1. The SMILES string of the molecule is CCCCOP(=O)(c1ccc(N(C)C)cc1)C(Nc1ccccc1)c1cc(OC)c(OC)c(OC)c1. The minimum atomic E-state index is -3.51. The Bertz CT molecular complexity index is 1130. The van der Waals surface area contributed by atoms with Gasteiger partial charge in [0.2, 0.25) is 5.75 Å². The number of benzene rings is 3. The Morgan fingerprint density at radius 1 is 0.889 bits per heavy atom. The normalized spacial score (nSPS) is 13.4. The van der Waals surface area contributed by atoms with E-state index in [1.165, 1.54) is 0 Å². The van der Waals surface area contributed by atoms with E-state index in [2.05, 4.69) is 12.2 Å². The van der Waals surface area contributed by atoms with E-state index in [4.69, 9.17) is 18.7 Å². The van der Waals surface area contributed by atoms with Gasteiger partial charge in [0, 0.05) is 30.8 Å². The van der Waals surface area contributed by atoms with E-state index in [1.54, 1.807) is 21.3 Å². The number of hydrogen-bond acceptors (Lipinski definition) is 7. The number of ether oxygens (including phenoxy) is 3. The molecule has 3 rings (SSSR count). The molecule has 36 heavy (non-hydrogen) atoms. The van der Waals surface area contributed by atoms with E-state index in [0.29, 0.717) is 34.7 Å². The van der Waals surface area contributed by atoms with Crippen molar-refractivity contribution in [1.82, 2.24) is 0 Å². The summed E-state index contributed by atoms with van der Waals surface area (Å²) < 4.78 is 38.1. The topological polar surface area (TPSA) is 69.3 Å². The molecule has 0 bridgehead atoms. The van der Waals surface area contributed by atoms with Crippen LogP contribution in [0.15, 0.2) is 66.7 Å². The molecule has 0 amide bonds. The van der Waals surface area contributed by atoms with Crippen molar-refractivity contribution in [2.45, 2.75) is 25.5 Å². The van der Waals surface area contributed by atoms with Gasteiger partial charge in [-0.05, 0) is 60.5 Å². The highest BCUT2D eigenvalue weighted by molar-refractivity contribution is 7.67. The van der Waals surface area contributed by atoms with Crippen LogP contribution in [0, 0.1) is 0 Å². The number of nitrogens with zero attached hydrogens (tertiary/aromatic N) is 1. The fourth-order valence-electron chi connectivity index (χ4n) is 3.92. The molecule has 0 fully saturated rings. The summed E-state index contributed by atoms with van der Waals surface area (Å²) in [5.41, 5.74) is 2.53. The number of para-hydroxylation sites is 1. The van der Waals surface area contributed by atoms with Crippen LogP contribution in [0.5, 0.6) is 17.2 Å². The second-order valence-electron chi connectivity index (χ2n) is 8.57. The molecule has 7 nitrogen and oxygen atoms in total. The summed E-state index contributed by atoms with van der Waals surface area (Å²) in [6, 6.07) is 21.0. The van der Waals surface area contributed by atoms with Gasteiger partial charge in [0.1, 0.15) is 5.78 Å². The molecule has 2 atom stereocenters. The average molecular weight is 513 g/mol. The summed E-state index contributed by atoms with van der Waals surface area (Å²) in [4.78, 5) is 2.01. The van der Waals surface area contributed by atoms with Gasteiger partial charge < -0.3 is 29.0 Å². The molecule has 8 heteroatoms. The van der Waals surface area contributed by atoms with Gasteiger partial charge in [-0.3, -0.25) is 4.57 Å². The molecule has 2 unspecified atom stereocenters. The smallest absolute Gasteiger partial charge is 0.258 e. The first-order chi connectivity index (χ1) is 17.4. The molecule has 0 saturated carbocycles. The van der Waals surface area contributed by atoms with Crippen molar-refractivity contribution in [2.24, 2.45) is 0 Å². The van der Waals surface area contributed by atoms with E-state index in [0.717, 1.165) is 24.2 Å². The van der Waals surface area contributed by atoms with Gasteiger partial charge in [-0.2, -0.15) is 0 Å². The average Bonchev–Trinajstić information content (AvgIpc) is 2.91. The molecule has 1 N–H and O–H groups in total. The molecule has 0 aliphatic carbocycles. The van der Waals surface area contributed by atoms with Gasteiger partial charge in [-0.25, -0.2) is 0 Å². The highest BCUT2D eigenvalue weighted by Gasteiger charge is 2.39. The zero-order valence-electron chi connectivity index (χ0n) is 22.0. The maximum absolute atomic E-state index is 15.0. The number of unbranched alkanes of at least 4 members (excludes halogenated alkanes) is 1. The second-order valence-corrected chi connectivity index (χ2v) is 11.1. The molecule has 194 valence electrons. The van der Waals surface area contributed by atoms with Crippen molar-refractivity contribution < 1.29 is 23.3 Å². The lowest BCUT2D eigenvalue weighted by Gasteiger charge is -2.31.